The van der Waals surface area contributed by atoms with E-state index in [-0.39, 0.29) is 5.97 Å². The van der Waals surface area contributed by atoms with Crippen LogP contribution in [0.5, 0.6) is 0 Å². The summed E-state index contributed by atoms with van der Waals surface area (Å²) in [6.07, 6.45) is 20.7. The first-order valence-corrected chi connectivity index (χ1v) is 10.9. The first-order valence-electron chi connectivity index (χ1n) is 10.9. The van der Waals surface area contributed by atoms with Crippen molar-refractivity contribution >= 4 is 5.97 Å². The van der Waals surface area contributed by atoms with Crippen molar-refractivity contribution in [1.82, 2.24) is 0 Å². The molecule has 0 rings (SSSR count). The summed E-state index contributed by atoms with van der Waals surface area (Å²) in [5.74, 6) is -0.163. The van der Waals surface area contributed by atoms with Crippen molar-refractivity contribution in [2.75, 3.05) is 13.2 Å². The average molecular weight is 359 g/mol. The molecule has 0 saturated carbocycles. The molecule has 0 fully saturated rings. The fraction of sp³-hybridized carbons (Fsp3) is 0.955. The molecule has 25 heavy (non-hydrogen) atoms. The molecule has 152 valence electrons. The number of hydrogen-bond donors (Lipinski definition) is 1. The highest BCUT2D eigenvalue weighted by atomic mass is 16.5. The fourth-order valence-electron chi connectivity index (χ4n) is 2.70. The van der Waals surface area contributed by atoms with E-state index >= 15 is 0 Å². The van der Waals surface area contributed by atoms with Crippen molar-refractivity contribution in [2.24, 2.45) is 0 Å². The number of carbonyl (C=O) groups is 1. The molecule has 0 aliphatic heterocycles. The topological polar surface area (TPSA) is 46.5 Å². The first-order chi connectivity index (χ1) is 12.2. The minimum atomic E-state index is -0.163. The van der Waals surface area contributed by atoms with E-state index in [0.29, 0.717) is 13.2 Å². The Kier molecular flexibility index (Phi) is 27.4. The van der Waals surface area contributed by atoms with Crippen molar-refractivity contribution in [3.05, 3.63) is 0 Å². The lowest BCUT2D eigenvalue weighted by Gasteiger charge is -2.01. The van der Waals surface area contributed by atoms with Gasteiger partial charge in [-0.2, -0.15) is 0 Å². The summed E-state index contributed by atoms with van der Waals surface area (Å²) in [5.41, 5.74) is 0. The third-order valence-corrected chi connectivity index (χ3v) is 4.31. The van der Waals surface area contributed by atoms with Crippen molar-refractivity contribution in [2.45, 2.75) is 124 Å². The smallest absolute Gasteiger partial charge is 0.302 e. The molecule has 0 aromatic rings. The van der Waals surface area contributed by atoms with E-state index in [2.05, 4.69) is 13.8 Å². The SMILES string of the molecule is CCCCCCCCCCCCO.CCCCCCCCOC(C)=O. The molecule has 0 spiro atoms. The molecule has 3 nitrogen and oxygen atoms in total. The Bertz CT molecular complexity index is 231. The fourth-order valence-corrected chi connectivity index (χ4v) is 2.70. The second-order valence-corrected chi connectivity index (χ2v) is 7.01. The molecule has 0 amide bonds. The normalized spacial score (nSPS) is 10.2. The summed E-state index contributed by atoms with van der Waals surface area (Å²) in [4.78, 5) is 10.4. The van der Waals surface area contributed by atoms with Crippen LogP contribution < -0.4 is 0 Å². The van der Waals surface area contributed by atoms with Crippen LogP contribution >= 0.6 is 0 Å². The monoisotopic (exact) mass is 358 g/mol. The Morgan fingerprint density at radius 1 is 0.640 bits per heavy atom. The predicted octanol–water partition coefficient (Wildman–Crippen LogP) is 6.81. The predicted molar refractivity (Wildman–Crippen MR) is 109 cm³/mol. The molecule has 0 atom stereocenters. The maximum absolute atomic E-state index is 10.4. The van der Waals surface area contributed by atoms with Crippen LogP contribution in [0.15, 0.2) is 0 Å². The highest BCUT2D eigenvalue weighted by molar-refractivity contribution is 5.65. The second kappa shape index (κ2) is 25.7. The van der Waals surface area contributed by atoms with Gasteiger partial charge in [-0.05, 0) is 12.8 Å². The number of aliphatic hydroxyl groups is 1. The van der Waals surface area contributed by atoms with E-state index < -0.39 is 0 Å². The molecule has 3 heteroatoms. The molecule has 0 aromatic heterocycles. The van der Waals surface area contributed by atoms with Crippen molar-refractivity contribution in [1.29, 1.82) is 0 Å². The molecule has 0 aliphatic rings. The Hall–Kier alpha value is -0.570. The Morgan fingerprint density at radius 2 is 1.00 bits per heavy atom. The lowest BCUT2D eigenvalue weighted by Crippen LogP contribution is -1.99. The van der Waals surface area contributed by atoms with Gasteiger partial charge in [0.2, 0.25) is 0 Å². The van der Waals surface area contributed by atoms with Gasteiger partial charge in [-0.15, -0.1) is 0 Å². The molecule has 0 unspecified atom stereocenters. The molecule has 0 heterocycles. The summed E-state index contributed by atoms with van der Waals surface area (Å²) in [6.45, 7) is 6.89. The number of aliphatic hydroxyl groups excluding tert-OH is 1. The minimum Gasteiger partial charge on any atom is -0.466 e. The molecular formula is C22H46O3. The van der Waals surface area contributed by atoms with Crippen molar-refractivity contribution in [3.8, 4) is 0 Å². The van der Waals surface area contributed by atoms with Gasteiger partial charge in [-0.3, -0.25) is 4.79 Å². The lowest BCUT2D eigenvalue weighted by atomic mass is 10.1. The Morgan fingerprint density at radius 3 is 1.36 bits per heavy atom. The lowest BCUT2D eigenvalue weighted by molar-refractivity contribution is -0.141. The van der Waals surface area contributed by atoms with Crippen molar-refractivity contribution in [3.63, 3.8) is 0 Å². The van der Waals surface area contributed by atoms with Gasteiger partial charge in [0, 0.05) is 13.5 Å². The molecule has 0 aliphatic carbocycles. The maximum atomic E-state index is 10.4. The Labute approximate surface area is 157 Å². The minimum absolute atomic E-state index is 0.163. The summed E-state index contributed by atoms with van der Waals surface area (Å²) >= 11 is 0. The molecule has 0 aromatic carbocycles. The highest BCUT2D eigenvalue weighted by Gasteiger charge is 1.93. The second-order valence-electron chi connectivity index (χ2n) is 7.01. The standard InChI is InChI=1S/C12H26O.C10H20O2/c1-2-3-4-5-6-7-8-9-10-11-12-13;1-3-4-5-6-7-8-9-12-10(2)11/h13H,2-12H2,1H3;3-9H2,1-2H3. The molecule has 0 bridgehead atoms. The van der Waals surface area contributed by atoms with Crippen LogP contribution in [0.2, 0.25) is 0 Å². The highest BCUT2D eigenvalue weighted by Crippen LogP contribution is 2.10. The quantitative estimate of drug-likeness (QED) is 0.229. The number of ether oxygens (including phenoxy) is 1. The molecule has 0 radical (unpaired) electrons. The van der Waals surface area contributed by atoms with Crippen LogP contribution in [0, 0.1) is 0 Å². The van der Waals surface area contributed by atoms with Crippen LogP contribution in [0.4, 0.5) is 0 Å². The largest absolute Gasteiger partial charge is 0.466 e. The van der Waals surface area contributed by atoms with E-state index in [1.165, 1.54) is 96.8 Å². The van der Waals surface area contributed by atoms with Gasteiger partial charge in [0.05, 0.1) is 6.61 Å². The number of carbonyl (C=O) groups excluding carboxylic acids is 1. The third-order valence-electron chi connectivity index (χ3n) is 4.31. The van der Waals surface area contributed by atoms with E-state index in [4.69, 9.17) is 9.84 Å². The van der Waals surface area contributed by atoms with Gasteiger partial charge in [0.1, 0.15) is 0 Å². The molecular weight excluding hydrogens is 312 g/mol. The van der Waals surface area contributed by atoms with Crippen LogP contribution in [0.3, 0.4) is 0 Å². The molecule has 1 N–H and O–H groups in total. The summed E-state index contributed by atoms with van der Waals surface area (Å²) in [5, 5.41) is 8.57. The zero-order valence-electron chi connectivity index (χ0n) is 17.5. The zero-order valence-corrected chi connectivity index (χ0v) is 17.5. The van der Waals surface area contributed by atoms with Gasteiger partial charge in [0.15, 0.2) is 0 Å². The van der Waals surface area contributed by atoms with Gasteiger partial charge in [-0.1, -0.05) is 104 Å². The summed E-state index contributed by atoms with van der Waals surface area (Å²) < 4.78 is 4.81. The number of unbranched alkanes of at least 4 members (excludes halogenated alkanes) is 14. The van der Waals surface area contributed by atoms with Gasteiger partial charge >= 0.3 is 5.97 Å². The van der Waals surface area contributed by atoms with Crippen LogP contribution in [0.1, 0.15) is 124 Å². The average Bonchev–Trinajstić information content (AvgIpc) is 2.60. The Balaban J connectivity index is 0. The van der Waals surface area contributed by atoms with E-state index in [9.17, 15) is 4.79 Å². The van der Waals surface area contributed by atoms with Crippen LogP contribution in [-0.4, -0.2) is 24.3 Å². The van der Waals surface area contributed by atoms with E-state index in [1.807, 2.05) is 0 Å². The van der Waals surface area contributed by atoms with Crippen LogP contribution in [0.25, 0.3) is 0 Å². The third kappa shape index (κ3) is 31.7. The maximum Gasteiger partial charge on any atom is 0.302 e. The molecule has 0 saturated heterocycles. The number of hydrogen-bond acceptors (Lipinski definition) is 3. The van der Waals surface area contributed by atoms with Crippen molar-refractivity contribution < 1.29 is 14.6 Å². The summed E-state index contributed by atoms with van der Waals surface area (Å²) in [6, 6.07) is 0. The zero-order chi connectivity index (χ0) is 19.0. The first kappa shape index (κ1) is 26.7. The van der Waals surface area contributed by atoms with E-state index in [1.54, 1.807) is 0 Å². The number of esters is 1. The number of rotatable bonds is 17. The summed E-state index contributed by atoms with van der Waals surface area (Å²) in [7, 11) is 0. The van der Waals surface area contributed by atoms with Gasteiger partial charge in [-0.25, -0.2) is 0 Å². The van der Waals surface area contributed by atoms with E-state index in [0.717, 1.165) is 12.8 Å². The van der Waals surface area contributed by atoms with Gasteiger partial charge < -0.3 is 9.84 Å². The van der Waals surface area contributed by atoms with Gasteiger partial charge in [0.25, 0.3) is 0 Å². The van der Waals surface area contributed by atoms with Crippen LogP contribution in [-0.2, 0) is 9.53 Å².